The summed E-state index contributed by atoms with van der Waals surface area (Å²) in [7, 11) is 0. The highest BCUT2D eigenvalue weighted by Gasteiger charge is 2.34. The van der Waals surface area contributed by atoms with Gasteiger partial charge >= 0.3 is 12.1 Å². The van der Waals surface area contributed by atoms with Crippen LogP contribution in [0.3, 0.4) is 0 Å². The van der Waals surface area contributed by atoms with Crippen molar-refractivity contribution in [2.75, 3.05) is 0 Å². The predicted molar refractivity (Wildman–Crippen MR) is 61.4 cm³/mol. The maximum absolute atomic E-state index is 12.8. The number of aliphatic carboxylic acids is 1. The Labute approximate surface area is 103 Å². The zero-order chi connectivity index (χ0) is 13.8. The van der Waals surface area contributed by atoms with Crippen LogP contribution in [0.5, 0.6) is 0 Å². The SMILES string of the molecule is CCCCc1cccc(C(F)(F)F)c1CC(=O)O. The molecule has 100 valence electrons. The topological polar surface area (TPSA) is 37.3 Å². The van der Waals surface area contributed by atoms with Gasteiger partial charge in [-0.15, -0.1) is 0 Å². The number of carbonyl (C=O) groups is 1. The van der Waals surface area contributed by atoms with Gasteiger partial charge in [0.05, 0.1) is 12.0 Å². The number of aryl methyl sites for hydroxylation is 1. The number of hydrogen-bond acceptors (Lipinski definition) is 1. The van der Waals surface area contributed by atoms with E-state index in [4.69, 9.17) is 5.11 Å². The van der Waals surface area contributed by atoms with Crippen LogP contribution in [-0.4, -0.2) is 11.1 Å². The molecule has 0 amide bonds. The third kappa shape index (κ3) is 3.75. The Bertz CT molecular complexity index is 425. The van der Waals surface area contributed by atoms with Gasteiger partial charge in [0.15, 0.2) is 0 Å². The third-order valence-electron chi connectivity index (χ3n) is 2.71. The summed E-state index contributed by atoms with van der Waals surface area (Å²) in [4.78, 5) is 10.7. The number of rotatable bonds is 5. The van der Waals surface area contributed by atoms with E-state index in [1.54, 1.807) is 6.07 Å². The zero-order valence-corrected chi connectivity index (χ0v) is 10.0. The van der Waals surface area contributed by atoms with Gasteiger partial charge in [-0.1, -0.05) is 25.5 Å². The van der Waals surface area contributed by atoms with Gasteiger partial charge in [0.2, 0.25) is 0 Å². The highest BCUT2D eigenvalue weighted by Crippen LogP contribution is 2.34. The zero-order valence-electron chi connectivity index (χ0n) is 10.0. The first-order valence-electron chi connectivity index (χ1n) is 5.76. The molecule has 18 heavy (non-hydrogen) atoms. The summed E-state index contributed by atoms with van der Waals surface area (Å²) in [6.07, 6.45) is -3.03. The first-order chi connectivity index (χ1) is 8.36. The first kappa shape index (κ1) is 14.5. The number of halogens is 3. The molecule has 0 spiro atoms. The largest absolute Gasteiger partial charge is 0.481 e. The van der Waals surface area contributed by atoms with Crippen molar-refractivity contribution >= 4 is 5.97 Å². The molecule has 0 bridgehead atoms. The Morgan fingerprint density at radius 3 is 2.50 bits per heavy atom. The van der Waals surface area contributed by atoms with Crippen molar-refractivity contribution in [1.29, 1.82) is 0 Å². The van der Waals surface area contributed by atoms with Crippen molar-refractivity contribution in [3.05, 3.63) is 34.9 Å². The molecule has 0 aliphatic heterocycles. The van der Waals surface area contributed by atoms with E-state index in [0.29, 0.717) is 12.0 Å². The molecular weight excluding hydrogens is 245 g/mol. The van der Waals surface area contributed by atoms with Gasteiger partial charge in [0.1, 0.15) is 0 Å². The average Bonchev–Trinajstić information content (AvgIpc) is 2.25. The maximum atomic E-state index is 12.8. The Morgan fingerprint density at radius 1 is 1.33 bits per heavy atom. The maximum Gasteiger partial charge on any atom is 0.416 e. The molecule has 1 rings (SSSR count). The van der Waals surface area contributed by atoms with Gasteiger partial charge < -0.3 is 5.11 Å². The minimum atomic E-state index is -4.51. The number of carboxylic acid groups (broad SMARTS) is 1. The van der Waals surface area contributed by atoms with Gasteiger partial charge in [0.25, 0.3) is 0 Å². The molecule has 2 nitrogen and oxygen atoms in total. The lowest BCUT2D eigenvalue weighted by molar-refractivity contribution is -0.139. The van der Waals surface area contributed by atoms with Crippen molar-refractivity contribution in [2.24, 2.45) is 0 Å². The van der Waals surface area contributed by atoms with Crippen LogP contribution >= 0.6 is 0 Å². The van der Waals surface area contributed by atoms with E-state index in [2.05, 4.69) is 0 Å². The fraction of sp³-hybridized carbons (Fsp3) is 0.462. The molecule has 0 atom stereocenters. The highest BCUT2D eigenvalue weighted by molar-refractivity contribution is 5.71. The molecule has 1 N–H and O–H groups in total. The minimum Gasteiger partial charge on any atom is -0.481 e. The number of benzene rings is 1. The molecule has 1 aromatic carbocycles. The number of alkyl halides is 3. The number of hydrogen-bond donors (Lipinski definition) is 1. The van der Waals surface area contributed by atoms with Crippen LogP contribution < -0.4 is 0 Å². The Balaban J connectivity index is 3.21. The molecule has 0 unspecified atom stereocenters. The van der Waals surface area contributed by atoms with E-state index in [0.717, 1.165) is 18.9 Å². The van der Waals surface area contributed by atoms with Crippen LogP contribution in [0.1, 0.15) is 36.5 Å². The minimum absolute atomic E-state index is 0.106. The molecule has 1 aromatic rings. The van der Waals surface area contributed by atoms with Crippen molar-refractivity contribution in [3.8, 4) is 0 Å². The van der Waals surface area contributed by atoms with Gasteiger partial charge in [0, 0.05) is 0 Å². The summed E-state index contributed by atoms with van der Waals surface area (Å²) in [6.45, 7) is 1.93. The lowest BCUT2D eigenvalue weighted by atomic mass is 9.94. The fourth-order valence-electron chi connectivity index (χ4n) is 1.86. The number of carboxylic acids is 1. The van der Waals surface area contributed by atoms with Crippen LogP contribution in [0.25, 0.3) is 0 Å². The van der Waals surface area contributed by atoms with Crippen LogP contribution in [0.2, 0.25) is 0 Å². The number of unbranched alkanes of at least 4 members (excludes halogenated alkanes) is 1. The summed E-state index contributed by atoms with van der Waals surface area (Å²) in [5.74, 6) is -1.25. The molecule has 5 heteroatoms. The summed E-state index contributed by atoms with van der Waals surface area (Å²) < 4.78 is 38.4. The van der Waals surface area contributed by atoms with Gasteiger partial charge in [-0.25, -0.2) is 0 Å². The second-order valence-electron chi connectivity index (χ2n) is 4.12. The van der Waals surface area contributed by atoms with Crippen molar-refractivity contribution < 1.29 is 23.1 Å². The van der Waals surface area contributed by atoms with Gasteiger partial charge in [-0.3, -0.25) is 4.79 Å². The second-order valence-corrected chi connectivity index (χ2v) is 4.12. The van der Waals surface area contributed by atoms with E-state index in [-0.39, 0.29) is 5.56 Å². The average molecular weight is 260 g/mol. The molecular formula is C13H15F3O2. The van der Waals surface area contributed by atoms with E-state index in [1.165, 1.54) is 6.07 Å². The summed E-state index contributed by atoms with van der Waals surface area (Å²) in [5, 5.41) is 8.74. The van der Waals surface area contributed by atoms with Crippen LogP contribution in [-0.2, 0) is 23.8 Å². The predicted octanol–water partition coefficient (Wildman–Crippen LogP) is 3.68. The van der Waals surface area contributed by atoms with Crippen molar-refractivity contribution in [3.63, 3.8) is 0 Å². The molecule has 0 fully saturated rings. The normalized spacial score (nSPS) is 11.6. The Hall–Kier alpha value is -1.52. The Kier molecular flexibility index (Phi) is 4.76. The second kappa shape index (κ2) is 5.89. The quantitative estimate of drug-likeness (QED) is 0.876. The molecule has 0 heterocycles. The summed E-state index contributed by atoms with van der Waals surface area (Å²) >= 11 is 0. The standard InChI is InChI=1S/C13H15F3O2/c1-2-3-5-9-6-4-7-11(13(14,15)16)10(9)8-12(17)18/h4,6-7H,2-3,5,8H2,1H3,(H,17,18). The molecule has 0 saturated carbocycles. The van der Waals surface area contributed by atoms with Crippen molar-refractivity contribution in [1.82, 2.24) is 0 Å². The van der Waals surface area contributed by atoms with Crippen LogP contribution in [0.15, 0.2) is 18.2 Å². The monoisotopic (exact) mass is 260 g/mol. The molecule has 0 saturated heterocycles. The summed E-state index contributed by atoms with van der Waals surface area (Å²) in [5.41, 5.74) is -0.460. The van der Waals surface area contributed by atoms with Crippen LogP contribution in [0, 0.1) is 0 Å². The van der Waals surface area contributed by atoms with E-state index < -0.39 is 24.1 Å². The van der Waals surface area contributed by atoms with E-state index >= 15 is 0 Å². The summed E-state index contributed by atoms with van der Waals surface area (Å²) in [6, 6.07) is 3.84. The molecule has 0 aromatic heterocycles. The smallest absolute Gasteiger partial charge is 0.416 e. The highest BCUT2D eigenvalue weighted by atomic mass is 19.4. The van der Waals surface area contributed by atoms with Crippen LogP contribution in [0.4, 0.5) is 13.2 Å². The first-order valence-corrected chi connectivity index (χ1v) is 5.76. The van der Waals surface area contributed by atoms with Gasteiger partial charge in [-0.2, -0.15) is 13.2 Å². The van der Waals surface area contributed by atoms with Gasteiger partial charge in [-0.05, 0) is 30.0 Å². The molecule has 0 radical (unpaired) electrons. The Morgan fingerprint density at radius 2 is 2.00 bits per heavy atom. The fourth-order valence-corrected chi connectivity index (χ4v) is 1.86. The molecule has 0 aliphatic carbocycles. The molecule has 0 aliphatic rings. The lowest BCUT2D eigenvalue weighted by Gasteiger charge is -2.15. The third-order valence-corrected chi connectivity index (χ3v) is 2.71. The lowest BCUT2D eigenvalue weighted by Crippen LogP contribution is -2.14. The van der Waals surface area contributed by atoms with Crippen molar-refractivity contribution in [2.45, 2.75) is 38.8 Å². The van der Waals surface area contributed by atoms with E-state index in [1.807, 2.05) is 6.92 Å². The van der Waals surface area contributed by atoms with E-state index in [9.17, 15) is 18.0 Å².